The van der Waals surface area contributed by atoms with Gasteiger partial charge in [0.25, 0.3) is 0 Å². The lowest BCUT2D eigenvalue weighted by atomic mass is 9.74. The van der Waals surface area contributed by atoms with Gasteiger partial charge in [-0.2, -0.15) is 0 Å². The van der Waals surface area contributed by atoms with E-state index in [1.54, 1.807) is 7.11 Å². The summed E-state index contributed by atoms with van der Waals surface area (Å²) in [5, 5.41) is 4.24. The maximum absolute atomic E-state index is 6.12. The average molecular weight is 284 g/mol. The van der Waals surface area contributed by atoms with Gasteiger partial charge >= 0.3 is 0 Å². The number of hydrogen-bond donors (Lipinski definition) is 1. The van der Waals surface area contributed by atoms with Gasteiger partial charge in [0, 0.05) is 11.6 Å². The zero-order chi connectivity index (χ0) is 14.5. The molecule has 1 aromatic carbocycles. The van der Waals surface area contributed by atoms with E-state index < -0.39 is 0 Å². The minimum Gasteiger partial charge on any atom is -0.496 e. The highest BCUT2D eigenvalue weighted by atomic mass is 35.5. The Morgan fingerprint density at radius 1 is 1.37 bits per heavy atom. The van der Waals surface area contributed by atoms with E-state index in [9.17, 15) is 0 Å². The number of methoxy groups -OCH3 is 1. The molecule has 3 heteroatoms. The molecule has 0 saturated carbocycles. The topological polar surface area (TPSA) is 21.3 Å². The van der Waals surface area contributed by atoms with Crippen LogP contribution in [0, 0.1) is 11.3 Å². The number of nitrogens with one attached hydrogen (secondary N) is 1. The molecule has 0 aliphatic rings. The van der Waals surface area contributed by atoms with Gasteiger partial charge in [-0.1, -0.05) is 39.3 Å². The first kappa shape index (κ1) is 16.3. The smallest absolute Gasteiger partial charge is 0.122 e. The second kappa shape index (κ2) is 7.16. The van der Waals surface area contributed by atoms with Gasteiger partial charge in [-0.15, -0.1) is 0 Å². The lowest BCUT2D eigenvalue weighted by Crippen LogP contribution is -2.38. The molecule has 0 aromatic heterocycles. The largest absolute Gasteiger partial charge is 0.496 e. The van der Waals surface area contributed by atoms with Crippen molar-refractivity contribution in [3.63, 3.8) is 0 Å². The molecule has 2 nitrogen and oxygen atoms in total. The van der Waals surface area contributed by atoms with E-state index in [-0.39, 0.29) is 5.41 Å². The number of hydrogen-bond acceptors (Lipinski definition) is 2. The van der Waals surface area contributed by atoms with Crippen LogP contribution < -0.4 is 10.1 Å². The predicted molar refractivity (Wildman–Crippen MR) is 83.2 cm³/mol. The quantitative estimate of drug-likeness (QED) is 0.811. The summed E-state index contributed by atoms with van der Waals surface area (Å²) in [6.45, 7) is 11.0. The van der Waals surface area contributed by atoms with E-state index in [1.807, 2.05) is 18.2 Å². The summed E-state index contributed by atoms with van der Waals surface area (Å²) in [6.07, 6.45) is 0.960. The van der Waals surface area contributed by atoms with Crippen molar-refractivity contribution in [1.29, 1.82) is 0 Å². The Morgan fingerprint density at radius 3 is 2.58 bits per heavy atom. The molecule has 0 saturated heterocycles. The fourth-order valence-corrected chi connectivity index (χ4v) is 2.40. The Kier molecular flexibility index (Phi) is 6.15. The number of rotatable bonds is 7. The van der Waals surface area contributed by atoms with Gasteiger partial charge in [-0.05, 0) is 48.1 Å². The van der Waals surface area contributed by atoms with E-state index in [2.05, 4.69) is 33.0 Å². The van der Waals surface area contributed by atoms with Crippen molar-refractivity contribution < 1.29 is 4.74 Å². The van der Waals surface area contributed by atoms with Crippen molar-refractivity contribution in [1.82, 2.24) is 5.32 Å². The second-order valence-corrected chi connectivity index (χ2v) is 6.16. The molecule has 0 amide bonds. The van der Waals surface area contributed by atoms with E-state index in [4.69, 9.17) is 16.3 Å². The van der Waals surface area contributed by atoms with Crippen molar-refractivity contribution in [3.8, 4) is 5.75 Å². The second-order valence-electron chi connectivity index (χ2n) is 5.72. The molecule has 0 heterocycles. The Bertz CT molecular complexity index is 406. The highest BCUT2D eigenvalue weighted by Crippen LogP contribution is 2.35. The Morgan fingerprint density at radius 2 is 2.05 bits per heavy atom. The summed E-state index contributed by atoms with van der Waals surface area (Å²) < 4.78 is 5.45. The molecule has 0 bridgehead atoms. The summed E-state index contributed by atoms with van der Waals surface area (Å²) in [6, 6.07) is 5.85. The molecule has 108 valence electrons. The van der Waals surface area contributed by atoms with Crippen LogP contribution in [0.2, 0.25) is 5.02 Å². The molecule has 19 heavy (non-hydrogen) atoms. The van der Waals surface area contributed by atoms with E-state index in [0.717, 1.165) is 30.3 Å². The molecule has 1 aromatic rings. The minimum absolute atomic E-state index is 0.188. The van der Waals surface area contributed by atoms with Crippen LogP contribution in [0.4, 0.5) is 0 Å². The van der Waals surface area contributed by atoms with Gasteiger partial charge < -0.3 is 10.1 Å². The fraction of sp³-hybridized carbons (Fsp3) is 0.625. The van der Waals surface area contributed by atoms with Gasteiger partial charge in [0.1, 0.15) is 5.75 Å². The third kappa shape index (κ3) is 4.39. The van der Waals surface area contributed by atoms with Gasteiger partial charge in [0.15, 0.2) is 0 Å². The molecule has 1 unspecified atom stereocenters. The first-order valence-corrected chi connectivity index (χ1v) is 7.34. The predicted octanol–water partition coefficient (Wildman–Crippen LogP) is 4.16. The molecule has 0 fully saturated rings. The SMILES string of the molecule is CCNCC(C)(Cc1cc(Cl)ccc1OC)C(C)C. The first-order chi connectivity index (χ1) is 8.92. The van der Waals surface area contributed by atoms with Gasteiger partial charge in [0.05, 0.1) is 7.11 Å². The van der Waals surface area contributed by atoms with Crippen LogP contribution in [-0.4, -0.2) is 20.2 Å². The molecule has 0 spiro atoms. The lowest BCUT2D eigenvalue weighted by molar-refractivity contribution is 0.206. The number of ether oxygens (including phenoxy) is 1. The summed E-state index contributed by atoms with van der Waals surface area (Å²) >= 11 is 6.12. The molecule has 1 rings (SSSR count). The van der Waals surface area contributed by atoms with E-state index in [1.165, 1.54) is 5.56 Å². The van der Waals surface area contributed by atoms with Crippen molar-refractivity contribution in [2.24, 2.45) is 11.3 Å². The molecule has 1 N–H and O–H groups in total. The van der Waals surface area contributed by atoms with Crippen LogP contribution in [0.1, 0.15) is 33.3 Å². The molecule has 0 radical (unpaired) electrons. The summed E-state index contributed by atoms with van der Waals surface area (Å²) in [5.74, 6) is 1.50. The van der Waals surface area contributed by atoms with Gasteiger partial charge in [0.2, 0.25) is 0 Å². The van der Waals surface area contributed by atoms with Crippen LogP contribution in [0.15, 0.2) is 18.2 Å². The molecular weight excluding hydrogens is 258 g/mol. The standard InChI is InChI=1S/C16H26ClNO/c1-6-18-11-16(4,12(2)3)10-13-9-14(17)7-8-15(13)19-5/h7-9,12,18H,6,10-11H2,1-5H3. The van der Waals surface area contributed by atoms with Crippen molar-refractivity contribution in [2.45, 2.75) is 34.1 Å². The third-order valence-electron chi connectivity index (χ3n) is 4.01. The Labute approximate surface area is 122 Å². The maximum Gasteiger partial charge on any atom is 0.122 e. The molecular formula is C16H26ClNO. The van der Waals surface area contributed by atoms with Gasteiger partial charge in [-0.3, -0.25) is 0 Å². The zero-order valence-corrected chi connectivity index (χ0v) is 13.5. The van der Waals surface area contributed by atoms with Crippen molar-refractivity contribution in [3.05, 3.63) is 28.8 Å². The maximum atomic E-state index is 6.12. The first-order valence-electron chi connectivity index (χ1n) is 6.96. The van der Waals surface area contributed by atoms with E-state index >= 15 is 0 Å². The monoisotopic (exact) mass is 283 g/mol. The summed E-state index contributed by atoms with van der Waals surface area (Å²) in [7, 11) is 1.71. The number of benzene rings is 1. The van der Waals surface area contributed by atoms with Crippen LogP contribution in [-0.2, 0) is 6.42 Å². The highest BCUT2D eigenvalue weighted by Gasteiger charge is 2.29. The molecule has 1 atom stereocenters. The Hall–Kier alpha value is -0.730. The zero-order valence-electron chi connectivity index (χ0n) is 12.7. The summed E-state index contributed by atoms with van der Waals surface area (Å²) in [5.41, 5.74) is 1.37. The van der Waals surface area contributed by atoms with Crippen LogP contribution in [0.25, 0.3) is 0 Å². The fourth-order valence-electron chi connectivity index (χ4n) is 2.20. The lowest BCUT2D eigenvalue weighted by Gasteiger charge is -2.34. The van der Waals surface area contributed by atoms with Crippen LogP contribution >= 0.6 is 11.6 Å². The van der Waals surface area contributed by atoms with Crippen molar-refractivity contribution in [2.75, 3.05) is 20.2 Å². The third-order valence-corrected chi connectivity index (χ3v) is 4.24. The van der Waals surface area contributed by atoms with E-state index in [0.29, 0.717) is 5.92 Å². The number of halogens is 1. The highest BCUT2D eigenvalue weighted by molar-refractivity contribution is 6.30. The molecule has 0 aliphatic carbocycles. The van der Waals surface area contributed by atoms with Crippen molar-refractivity contribution >= 4 is 11.6 Å². The molecule has 0 aliphatic heterocycles. The minimum atomic E-state index is 0.188. The van der Waals surface area contributed by atoms with Crippen LogP contribution in [0.3, 0.4) is 0 Å². The summed E-state index contributed by atoms with van der Waals surface area (Å²) in [4.78, 5) is 0. The average Bonchev–Trinajstić information content (AvgIpc) is 2.36. The van der Waals surface area contributed by atoms with Crippen LogP contribution in [0.5, 0.6) is 5.75 Å². The normalized spacial score (nSPS) is 14.5. The Balaban J connectivity index is 2.98. The van der Waals surface area contributed by atoms with Gasteiger partial charge in [-0.25, -0.2) is 0 Å².